The number of thiophene rings is 1. The molecule has 138 valence electrons. The van der Waals surface area contributed by atoms with E-state index in [4.69, 9.17) is 11.6 Å². The Kier molecular flexibility index (Phi) is 5.53. The van der Waals surface area contributed by atoms with Crippen molar-refractivity contribution in [1.29, 1.82) is 0 Å². The van der Waals surface area contributed by atoms with Crippen molar-refractivity contribution < 1.29 is 4.79 Å². The molecule has 0 unspecified atom stereocenters. The van der Waals surface area contributed by atoms with Gasteiger partial charge in [0.15, 0.2) is 0 Å². The summed E-state index contributed by atoms with van der Waals surface area (Å²) in [6, 6.07) is 15.7. The third-order valence-electron chi connectivity index (χ3n) is 4.73. The summed E-state index contributed by atoms with van der Waals surface area (Å²) in [6.07, 6.45) is 3.70. The summed E-state index contributed by atoms with van der Waals surface area (Å²) in [5.74, 6) is 0.126. The van der Waals surface area contributed by atoms with Gasteiger partial charge in [-0.25, -0.2) is 0 Å². The van der Waals surface area contributed by atoms with Gasteiger partial charge in [-0.05, 0) is 41.5 Å². The molecule has 0 bridgehead atoms. The van der Waals surface area contributed by atoms with Crippen molar-refractivity contribution in [3.05, 3.63) is 76.4 Å². The molecule has 4 rings (SSSR count). The van der Waals surface area contributed by atoms with Crippen LogP contribution in [0.3, 0.4) is 0 Å². The van der Waals surface area contributed by atoms with E-state index >= 15 is 0 Å². The van der Waals surface area contributed by atoms with Crippen molar-refractivity contribution >= 4 is 28.8 Å². The fourth-order valence-electron chi connectivity index (χ4n) is 3.24. The summed E-state index contributed by atoms with van der Waals surface area (Å²) in [5, 5.41) is 0.718. The summed E-state index contributed by atoms with van der Waals surface area (Å²) in [6.45, 7) is 4.17. The van der Waals surface area contributed by atoms with E-state index in [0.29, 0.717) is 0 Å². The first kappa shape index (κ1) is 18.2. The van der Waals surface area contributed by atoms with Crippen LogP contribution in [0, 0.1) is 0 Å². The monoisotopic (exact) mass is 397 g/mol. The van der Waals surface area contributed by atoms with Gasteiger partial charge in [-0.15, -0.1) is 11.3 Å². The maximum atomic E-state index is 12.9. The molecule has 1 saturated heterocycles. The van der Waals surface area contributed by atoms with Gasteiger partial charge < -0.3 is 4.90 Å². The summed E-state index contributed by atoms with van der Waals surface area (Å²) in [7, 11) is 0. The van der Waals surface area contributed by atoms with Crippen LogP contribution in [0.2, 0.25) is 5.02 Å². The average molecular weight is 398 g/mol. The van der Waals surface area contributed by atoms with E-state index in [-0.39, 0.29) is 5.91 Å². The molecule has 0 saturated carbocycles. The molecule has 3 heterocycles. The number of hydrogen-bond acceptors (Lipinski definition) is 4. The predicted molar refractivity (Wildman–Crippen MR) is 110 cm³/mol. The van der Waals surface area contributed by atoms with Crippen molar-refractivity contribution in [2.75, 3.05) is 26.2 Å². The highest BCUT2D eigenvalue weighted by Gasteiger charge is 2.23. The molecule has 0 N–H and O–H groups in total. The molecule has 1 fully saturated rings. The first-order valence-corrected chi connectivity index (χ1v) is 10.1. The van der Waals surface area contributed by atoms with E-state index in [2.05, 4.69) is 16.0 Å². The van der Waals surface area contributed by atoms with Gasteiger partial charge in [0.25, 0.3) is 5.91 Å². The zero-order valence-electron chi connectivity index (χ0n) is 14.8. The maximum absolute atomic E-state index is 12.9. The molecule has 1 aromatic carbocycles. The Hall–Kier alpha value is -2.21. The zero-order valence-corrected chi connectivity index (χ0v) is 16.4. The van der Waals surface area contributed by atoms with Gasteiger partial charge in [-0.1, -0.05) is 29.8 Å². The SMILES string of the molecule is O=C(c1ccc(-c2ccc(Cl)cc2)s1)N1CCN(Cc2cccnc2)CC1. The first-order valence-electron chi connectivity index (χ1n) is 8.95. The number of hydrogen-bond donors (Lipinski definition) is 0. The Morgan fingerprint density at radius 3 is 2.52 bits per heavy atom. The van der Waals surface area contributed by atoms with Crippen molar-refractivity contribution in [2.24, 2.45) is 0 Å². The van der Waals surface area contributed by atoms with Crippen LogP contribution in [0.25, 0.3) is 10.4 Å². The lowest BCUT2D eigenvalue weighted by Gasteiger charge is -2.34. The predicted octanol–water partition coefficient (Wildman–Crippen LogP) is 4.42. The van der Waals surface area contributed by atoms with Gasteiger partial charge >= 0.3 is 0 Å². The number of piperazine rings is 1. The molecule has 0 aliphatic carbocycles. The third kappa shape index (κ3) is 4.38. The number of halogens is 1. The number of pyridine rings is 1. The molecule has 1 aliphatic heterocycles. The van der Waals surface area contributed by atoms with Crippen LogP contribution < -0.4 is 0 Å². The van der Waals surface area contributed by atoms with Crippen molar-refractivity contribution in [3.63, 3.8) is 0 Å². The fraction of sp³-hybridized carbons (Fsp3) is 0.238. The standard InChI is InChI=1S/C21H20ClN3OS/c22-18-5-3-17(4-6-18)19-7-8-20(27-19)21(26)25-12-10-24(11-13-25)15-16-2-1-9-23-14-16/h1-9,14H,10-13,15H2. The fourth-order valence-corrected chi connectivity index (χ4v) is 4.34. The van der Waals surface area contributed by atoms with Crippen molar-refractivity contribution in [1.82, 2.24) is 14.8 Å². The molecular weight excluding hydrogens is 378 g/mol. The van der Waals surface area contributed by atoms with Crippen molar-refractivity contribution in [2.45, 2.75) is 6.54 Å². The molecule has 6 heteroatoms. The lowest BCUT2D eigenvalue weighted by atomic mass is 10.2. The Morgan fingerprint density at radius 1 is 1.04 bits per heavy atom. The molecule has 3 aromatic rings. The van der Waals surface area contributed by atoms with E-state index in [1.807, 2.05) is 53.6 Å². The zero-order chi connectivity index (χ0) is 18.6. The third-order valence-corrected chi connectivity index (χ3v) is 6.11. The molecular formula is C21H20ClN3OS. The van der Waals surface area contributed by atoms with Crippen LogP contribution in [-0.4, -0.2) is 46.9 Å². The van der Waals surface area contributed by atoms with Crippen LogP contribution >= 0.6 is 22.9 Å². The number of aromatic nitrogens is 1. The Morgan fingerprint density at radius 2 is 1.81 bits per heavy atom. The molecule has 0 radical (unpaired) electrons. The number of carbonyl (C=O) groups is 1. The molecule has 0 spiro atoms. The smallest absolute Gasteiger partial charge is 0.264 e. The second-order valence-corrected chi connectivity index (χ2v) is 8.12. The van der Waals surface area contributed by atoms with Gasteiger partial charge in [-0.3, -0.25) is 14.7 Å². The van der Waals surface area contributed by atoms with E-state index in [1.54, 1.807) is 17.5 Å². The average Bonchev–Trinajstić information content (AvgIpc) is 3.20. The minimum absolute atomic E-state index is 0.126. The van der Waals surface area contributed by atoms with Crippen LogP contribution in [0.5, 0.6) is 0 Å². The van der Waals surface area contributed by atoms with Gasteiger partial charge in [0.1, 0.15) is 0 Å². The lowest BCUT2D eigenvalue weighted by Crippen LogP contribution is -2.48. The van der Waals surface area contributed by atoms with Crippen LogP contribution in [-0.2, 0) is 6.54 Å². The minimum atomic E-state index is 0.126. The number of benzene rings is 1. The second-order valence-electron chi connectivity index (χ2n) is 6.60. The van der Waals surface area contributed by atoms with Crippen molar-refractivity contribution in [3.8, 4) is 10.4 Å². The van der Waals surface area contributed by atoms with Crippen LogP contribution in [0.15, 0.2) is 60.9 Å². The molecule has 0 atom stereocenters. The minimum Gasteiger partial charge on any atom is -0.335 e. The quantitative estimate of drug-likeness (QED) is 0.653. The first-order chi connectivity index (χ1) is 13.2. The highest BCUT2D eigenvalue weighted by Crippen LogP contribution is 2.30. The molecule has 2 aromatic heterocycles. The Balaban J connectivity index is 1.36. The summed E-state index contributed by atoms with van der Waals surface area (Å²) in [4.78, 5) is 23.2. The number of amides is 1. The maximum Gasteiger partial charge on any atom is 0.264 e. The number of nitrogens with zero attached hydrogens (tertiary/aromatic N) is 3. The van der Waals surface area contributed by atoms with Crippen LogP contribution in [0.4, 0.5) is 0 Å². The normalized spacial score (nSPS) is 15.1. The van der Waals surface area contributed by atoms with E-state index < -0.39 is 0 Å². The van der Waals surface area contributed by atoms with Gasteiger partial charge in [0.2, 0.25) is 0 Å². The largest absolute Gasteiger partial charge is 0.335 e. The Labute approximate surface area is 168 Å². The van der Waals surface area contributed by atoms with Gasteiger partial charge in [0.05, 0.1) is 4.88 Å². The number of carbonyl (C=O) groups excluding carboxylic acids is 1. The van der Waals surface area contributed by atoms with Gasteiger partial charge in [-0.2, -0.15) is 0 Å². The highest BCUT2D eigenvalue weighted by molar-refractivity contribution is 7.17. The molecule has 27 heavy (non-hydrogen) atoms. The second kappa shape index (κ2) is 8.21. The van der Waals surface area contributed by atoms with Crippen LogP contribution in [0.1, 0.15) is 15.2 Å². The lowest BCUT2D eigenvalue weighted by molar-refractivity contribution is 0.0633. The summed E-state index contributed by atoms with van der Waals surface area (Å²) in [5.41, 5.74) is 2.30. The summed E-state index contributed by atoms with van der Waals surface area (Å²) >= 11 is 7.50. The highest BCUT2D eigenvalue weighted by atomic mass is 35.5. The van der Waals surface area contributed by atoms with E-state index in [1.165, 1.54) is 5.56 Å². The molecule has 1 aliphatic rings. The van der Waals surface area contributed by atoms with E-state index in [9.17, 15) is 4.79 Å². The van der Waals surface area contributed by atoms with Gasteiger partial charge in [0, 0.05) is 55.0 Å². The Bertz CT molecular complexity index is 903. The number of rotatable bonds is 4. The molecule has 4 nitrogen and oxygen atoms in total. The molecule has 1 amide bonds. The summed E-state index contributed by atoms with van der Waals surface area (Å²) < 4.78 is 0. The van der Waals surface area contributed by atoms with E-state index in [0.717, 1.165) is 53.1 Å². The topological polar surface area (TPSA) is 36.4 Å².